The highest BCUT2D eigenvalue weighted by Crippen LogP contribution is 2.25. The summed E-state index contributed by atoms with van der Waals surface area (Å²) in [7, 11) is 0. The van der Waals surface area contributed by atoms with Gasteiger partial charge in [0.15, 0.2) is 0 Å². The molecule has 0 radical (unpaired) electrons. The fourth-order valence-electron chi connectivity index (χ4n) is 4.52. The number of nitrogens with one attached hydrogen (secondary N) is 2. The van der Waals surface area contributed by atoms with Crippen LogP contribution in [0.4, 0.5) is 0 Å². The predicted octanol–water partition coefficient (Wildman–Crippen LogP) is 7.01. The lowest BCUT2D eigenvalue weighted by Gasteiger charge is -2.18. The molecule has 40 heavy (non-hydrogen) atoms. The van der Waals surface area contributed by atoms with E-state index in [0.29, 0.717) is 22.2 Å². The number of nitrogens with zero attached hydrogens (tertiary/aromatic N) is 2. The van der Waals surface area contributed by atoms with E-state index in [2.05, 4.69) is 20.4 Å². The van der Waals surface area contributed by atoms with Crippen molar-refractivity contribution in [2.45, 2.75) is 19.0 Å². The van der Waals surface area contributed by atoms with E-state index in [1.165, 1.54) is 0 Å². The van der Waals surface area contributed by atoms with Gasteiger partial charge in [0, 0.05) is 34.8 Å². The van der Waals surface area contributed by atoms with E-state index < -0.39 is 6.04 Å². The molecule has 1 atom stereocenters. The summed E-state index contributed by atoms with van der Waals surface area (Å²) in [6, 6.07) is 31.4. The molecule has 6 nitrogen and oxygen atoms in total. The third kappa shape index (κ3) is 6.60. The molecular weight excluding hydrogens is 543 g/mol. The maximum atomic E-state index is 12.9. The average Bonchev–Trinajstić information content (AvgIpc) is 3.32. The highest BCUT2D eigenvalue weighted by atomic mass is 35.5. The summed E-state index contributed by atoms with van der Waals surface area (Å²) in [4.78, 5) is 25.7. The molecule has 0 saturated heterocycles. The standard InChI is InChI=1S/C32H26Cl2N4O2/c33-27-16-15-22(17-28(27)34)20-38-21-25(26-13-7-8-14-30(26)38)19-35-37-31(39)18-29(23-9-3-1-4-10-23)36-32(40)24-11-5-2-6-12-24/h1-17,19,21,29H,18,20H2,(H,36,40)(H,37,39)/b35-19-/t29-/m0/s1. The van der Waals surface area contributed by atoms with Crippen LogP contribution in [0.3, 0.4) is 0 Å². The van der Waals surface area contributed by atoms with Gasteiger partial charge in [-0.15, -0.1) is 0 Å². The zero-order chi connectivity index (χ0) is 27.9. The van der Waals surface area contributed by atoms with Crippen LogP contribution < -0.4 is 10.7 Å². The first-order chi connectivity index (χ1) is 19.5. The predicted molar refractivity (Wildman–Crippen MR) is 161 cm³/mol. The molecule has 0 aliphatic carbocycles. The zero-order valence-corrected chi connectivity index (χ0v) is 22.9. The second-order valence-electron chi connectivity index (χ2n) is 9.28. The van der Waals surface area contributed by atoms with Crippen LogP contribution in [-0.2, 0) is 11.3 Å². The number of carbonyl (C=O) groups is 2. The van der Waals surface area contributed by atoms with Gasteiger partial charge in [-0.25, -0.2) is 5.43 Å². The van der Waals surface area contributed by atoms with Gasteiger partial charge in [0.05, 0.1) is 28.7 Å². The van der Waals surface area contributed by atoms with E-state index in [1.807, 2.05) is 79.0 Å². The second kappa shape index (κ2) is 12.6. The van der Waals surface area contributed by atoms with Crippen LogP contribution in [0.15, 0.2) is 114 Å². The van der Waals surface area contributed by atoms with Gasteiger partial charge in [-0.3, -0.25) is 9.59 Å². The fourth-order valence-corrected chi connectivity index (χ4v) is 4.84. The summed E-state index contributed by atoms with van der Waals surface area (Å²) in [6.07, 6.45) is 3.64. The summed E-state index contributed by atoms with van der Waals surface area (Å²) < 4.78 is 2.10. The molecule has 1 heterocycles. The summed E-state index contributed by atoms with van der Waals surface area (Å²) in [5.41, 5.74) is 6.86. The molecule has 200 valence electrons. The molecule has 2 amide bonds. The summed E-state index contributed by atoms with van der Waals surface area (Å²) in [5, 5.41) is 9.23. The van der Waals surface area contributed by atoms with Crippen molar-refractivity contribution in [3.63, 3.8) is 0 Å². The maximum absolute atomic E-state index is 12.9. The SMILES string of the molecule is O=C(C[C@H](NC(=O)c1ccccc1)c1ccccc1)N/N=C\c1cn(Cc2ccc(Cl)c(Cl)c2)c2ccccc12. The second-order valence-corrected chi connectivity index (χ2v) is 10.1. The molecule has 5 rings (SSSR count). The molecule has 0 spiro atoms. The Labute approximate surface area is 242 Å². The number of carbonyl (C=O) groups excluding carboxylic acids is 2. The Bertz CT molecular complexity index is 1670. The number of fused-ring (bicyclic) bond motifs is 1. The first kappa shape index (κ1) is 27.2. The number of amides is 2. The Kier molecular flexibility index (Phi) is 8.59. The smallest absolute Gasteiger partial charge is 0.251 e. The molecule has 4 aromatic carbocycles. The molecule has 0 fully saturated rings. The molecule has 0 aliphatic rings. The first-order valence-corrected chi connectivity index (χ1v) is 13.5. The number of rotatable bonds is 9. The highest BCUT2D eigenvalue weighted by molar-refractivity contribution is 6.42. The summed E-state index contributed by atoms with van der Waals surface area (Å²) in [5.74, 6) is -0.571. The van der Waals surface area contributed by atoms with Crippen molar-refractivity contribution in [2.24, 2.45) is 5.10 Å². The van der Waals surface area contributed by atoms with E-state index in [4.69, 9.17) is 23.2 Å². The lowest BCUT2D eigenvalue weighted by atomic mass is 10.0. The quantitative estimate of drug-likeness (QED) is 0.148. The number of benzene rings is 4. The molecule has 2 N–H and O–H groups in total. The molecule has 0 unspecified atom stereocenters. The van der Waals surface area contributed by atoms with Crippen molar-refractivity contribution in [3.05, 3.63) is 142 Å². The molecule has 8 heteroatoms. The van der Waals surface area contributed by atoms with Crippen LogP contribution in [0.25, 0.3) is 10.9 Å². The normalized spacial score (nSPS) is 11.9. The summed E-state index contributed by atoms with van der Waals surface area (Å²) >= 11 is 12.3. The molecule has 0 saturated carbocycles. The van der Waals surface area contributed by atoms with Crippen molar-refractivity contribution in [1.29, 1.82) is 0 Å². The van der Waals surface area contributed by atoms with Gasteiger partial charge in [-0.1, -0.05) is 96.0 Å². The lowest BCUT2D eigenvalue weighted by Crippen LogP contribution is -2.32. The van der Waals surface area contributed by atoms with E-state index in [0.717, 1.165) is 27.6 Å². The Hall–Kier alpha value is -4.39. The van der Waals surface area contributed by atoms with E-state index in [9.17, 15) is 9.59 Å². The van der Waals surface area contributed by atoms with Gasteiger partial charge in [-0.05, 0) is 41.5 Å². The zero-order valence-electron chi connectivity index (χ0n) is 21.4. The average molecular weight is 569 g/mol. The van der Waals surface area contributed by atoms with Crippen LogP contribution in [-0.4, -0.2) is 22.6 Å². The topological polar surface area (TPSA) is 75.5 Å². The molecule has 1 aromatic heterocycles. The third-order valence-corrected chi connectivity index (χ3v) is 7.22. The van der Waals surface area contributed by atoms with Gasteiger partial charge in [0.2, 0.25) is 5.91 Å². The van der Waals surface area contributed by atoms with Gasteiger partial charge >= 0.3 is 0 Å². The van der Waals surface area contributed by atoms with Crippen LogP contribution in [0.1, 0.15) is 39.5 Å². The van der Waals surface area contributed by atoms with Crippen LogP contribution >= 0.6 is 23.2 Å². The Balaban J connectivity index is 1.29. The fraction of sp³-hybridized carbons (Fsp3) is 0.0938. The Morgan fingerprint density at radius 3 is 2.30 bits per heavy atom. The lowest BCUT2D eigenvalue weighted by molar-refractivity contribution is -0.121. The molecule has 0 bridgehead atoms. The molecule has 0 aliphatic heterocycles. The first-order valence-electron chi connectivity index (χ1n) is 12.7. The van der Waals surface area contributed by atoms with Gasteiger partial charge in [0.1, 0.15) is 0 Å². The Morgan fingerprint density at radius 2 is 1.55 bits per heavy atom. The molecule has 5 aromatic rings. The monoisotopic (exact) mass is 568 g/mol. The van der Waals surface area contributed by atoms with E-state index >= 15 is 0 Å². The summed E-state index contributed by atoms with van der Waals surface area (Å²) in [6.45, 7) is 0.595. The van der Waals surface area contributed by atoms with Gasteiger partial charge < -0.3 is 9.88 Å². The van der Waals surface area contributed by atoms with Crippen molar-refractivity contribution < 1.29 is 9.59 Å². The number of hydrogen-bond donors (Lipinski definition) is 2. The van der Waals surface area contributed by atoms with Crippen LogP contribution in [0, 0.1) is 0 Å². The van der Waals surface area contributed by atoms with Crippen LogP contribution in [0.5, 0.6) is 0 Å². The number of halogens is 2. The van der Waals surface area contributed by atoms with Crippen LogP contribution in [0.2, 0.25) is 10.0 Å². The number of hydrogen-bond acceptors (Lipinski definition) is 3. The van der Waals surface area contributed by atoms with Crippen molar-refractivity contribution in [1.82, 2.24) is 15.3 Å². The minimum Gasteiger partial charge on any atom is -0.345 e. The van der Waals surface area contributed by atoms with E-state index in [1.54, 1.807) is 36.5 Å². The number of para-hydroxylation sites is 1. The number of aromatic nitrogens is 1. The number of hydrazone groups is 1. The van der Waals surface area contributed by atoms with Crippen molar-refractivity contribution in [2.75, 3.05) is 0 Å². The van der Waals surface area contributed by atoms with Crippen molar-refractivity contribution >= 4 is 52.1 Å². The minimum atomic E-state index is -0.516. The van der Waals surface area contributed by atoms with E-state index in [-0.39, 0.29) is 18.2 Å². The Morgan fingerprint density at radius 1 is 0.850 bits per heavy atom. The van der Waals surface area contributed by atoms with Crippen molar-refractivity contribution in [3.8, 4) is 0 Å². The third-order valence-electron chi connectivity index (χ3n) is 6.48. The minimum absolute atomic E-state index is 0.0268. The molecular formula is C32H26Cl2N4O2. The highest BCUT2D eigenvalue weighted by Gasteiger charge is 2.19. The van der Waals surface area contributed by atoms with Gasteiger partial charge in [-0.2, -0.15) is 5.10 Å². The van der Waals surface area contributed by atoms with Gasteiger partial charge in [0.25, 0.3) is 5.91 Å². The largest absolute Gasteiger partial charge is 0.345 e. The maximum Gasteiger partial charge on any atom is 0.251 e.